The molecule has 0 radical (unpaired) electrons. The number of hydrogen-bond donors (Lipinski definition) is 0. The van der Waals surface area contributed by atoms with Crippen molar-refractivity contribution in [2.24, 2.45) is 0 Å². The molecule has 2 aliphatic rings. The number of halogens is 2. The molecule has 0 N–H and O–H groups in total. The summed E-state index contributed by atoms with van der Waals surface area (Å²) in [5, 5.41) is 0. The molecule has 3 rings (SSSR count). The molecule has 5 nitrogen and oxygen atoms in total. The second-order valence-corrected chi connectivity index (χ2v) is 8.31. The Morgan fingerprint density at radius 1 is 1.20 bits per heavy atom. The summed E-state index contributed by atoms with van der Waals surface area (Å²) in [6.07, 6.45) is 9.12. The molecule has 0 spiro atoms. The van der Waals surface area contributed by atoms with Gasteiger partial charge in [-0.2, -0.15) is 0 Å². The molecular formula is C23H34F2N4O. The van der Waals surface area contributed by atoms with Crippen LogP contribution >= 0.6 is 0 Å². The summed E-state index contributed by atoms with van der Waals surface area (Å²) in [4.78, 5) is 21.6. The fraction of sp³-hybridized carbons (Fsp3) is 0.652. The maximum atomic E-state index is 13.6. The molecule has 1 saturated heterocycles. The molecule has 1 saturated carbocycles. The number of nitrogens with zero attached hydrogens (tertiary/aromatic N) is 4. The molecule has 166 valence electrons. The minimum Gasteiger partial charge on any atom is -0.342 e. The van der Waals surface area contributed by atoms with Crippen LogP contribution in [0.2, 0.25) is 0 Å². The molecule has 1 aliphatic carbocycles. The number of imidazole rings is 1. The van der Waals surface area contributed by atoms with E-state index < -0.39 is 5.92 Å². The standard InChI is InChI=1S/C23H34F2N4O/c1-4-19-20(5-2)29(22(26-19)27-16-13-23(24,25)14-17-27)15-12-21(30)28(6-3)18-10-8-7-9-11-18/h4-5,18H,1-2,6-17H2,3H3. The third-order valence-corrected chi connectivity index (χ3v) is 6.41. The summed E-state index contributed by atoms with van der Waals surface area (Å²) in [5.74, 6) is -1.85. The SMILES string of the molecule is C=Cc1nc(N2CCC(F)(F)CC2)n(CCC(=O)N(CC)C2CCCCC2)c1C=C. The number of piperidine rings is 1. The van der Waals surface area contributed by atoms with Gasteiger partial charge in [-0.1, -0.05) is 32.4 Å². The zero-order valence-corrected chi connectivity index (χ0v) is 18.1. The van der Waals surface area contributed by atoms with Crippen LogP contribution in [0.4, 0.5) is 14.7 Å². The van der Waals surface area contributed by atoms with Crippen LogP contribution in [0.25, 0.3) is 12.2 Å². The van der Waals surface area contributed by atoms with Gasteiger partial charge >= 0.3 is 0 Å². The maximum absolute atomic E-state index is 13.6. The fourth-order valence-electron chi connectivity index (χ4n) is 4.71. The lowest BCUT2D eigenvalue weighted by molar-refractivity contribution is -0.134. The average molecular weight is 421 g/mol. The predicted molar refractivity (Wildman–Crippen MR) is 118 cm³/mol. The number of carbonyl (C=O) groups is 1. The minimum absolute atomic E-state index is 0.143. The van der Waals surface area contributed by atoms with Gasteiger partial charge in [-0.15, -0.1) is 0 Å². The largest absolute Gasteiger partial charge is 0.342 e. The summed E-state index contributed by atoms with van der Waals surface area (Å²) in [6, 6.07) is 0.338. The van der Waals surface area contributed by atoms with Crippen LogP contribution in [0.15, 0.2) is 13.2 Å². The monoisotopic (exact) mass is 420 g/mol. The van der Waals surface area contributed by atoms with E-state index in [0.717, 1.165) is 18.5 Å². The van der Waals surface area contributed by atoms with Crippen molar-refractivity contribution >= 4 is 24.0 Å². The summed E-state index contributed by atoms with van der Waals surface area (Å²) < 4.78 is 29.2. The van der Waals surface area contributed by atoms with E-state index in [4.69, 9.17) is 0 Å². The molecular weight excluding hydrogens is 386 g/mol. The molecule has 1 aromatic heterocycles. The van der Waals surface area contributed by atoms with Gasteiger partial charge in [0.15, 0.2) is 0 Å². The Bertz CT molecular complexity index is 757. The highest BCUT2D eigenvalue weighted by Gasteiger charge is 2.35. The summed E-state index contributed by atoms with van der Waals surface area (Å²) in [6.45, 7) is 11.4. The molecule has 7 heteroatoms. The number of aromatic nitrogens is 2. The van der Waals surface area contributed by atoms with Gasteiger partial charge in [-0.25, -0.2) is 13.8 Å². The van der Waals surface area contributed by atoms with Crippen molar-refractivity contribution in [1.29, 1.82) is 0 Å². The molecule has 1 aliphatic heterocycles. The zero-order valence-electron chi connectivity index (χ0n) is 18.1. The Morgan fingerprint density at radius 3 is 2.43 bits per heavy atom. The molecule has 1 amide bonds. The summed E-state index contributed by atoms with van der Waals surface area (Å²) >= 11 is 0. The number of rotatable bonds is 8. The van der Waals surface area contributed by atoms with Gasteiger partial charge in [0.25, 0.3) is 5.92 Å². The summed E-state index contributed by atoms with van der Waals surface area (Å²) in [5.41, 5.74) is 1.45. The molecule has 30 heavy (non-hydrogen) atoms. The molecule has 2 heterocycles. The molecule has 0 atom stereocenters. The second-order valence-electron chi connectivity index (χ2n) is 8.31. The normalized spacial score (nSPS) is 19.5. The van der Waals surface area contributed by atoms with Crippen molar-refractivity contribution in [2.45, 2.75) is 76.8 Å². The van der Waals surface area contributed by atoms with Gasteiger partial charge in [-0.3, -0.25) is 4.79 Å². The number of anilines is 1. The van der Waals surface area contributed by atoms with E-state index in [1.807, 2.05) is 21.3 Å². The van der Waals surface area contributed by atoms with Crippen molar-refractivity contribution in [2.75, 3.05) is 24.5 Å². The van der Waals surface area contributed by atoms with E-state index in [1.54, 1.807) is 12.2 Å². The number of carbonyl (C=O) groups excluding carboxylic acids is 1. The lowest BCUT2D eigenvalue weighted by Crippen LogP contribution is -2.42. The van der Waals surface area contributed by atoms with E-state index in [9.17, 15) is 13.6 Å². The first-order chi connectivity index (χ1) is 14.4. The highest BCUT2D eigenvalue weighted by Crippen LogP contribution is 2.32. The third kappa shape index (κ3) is 4.93. The number of hydrogen-bond acceptors (Lipinski definition) is 3. The lowest BCUT2D eigenvalue weighted by atomic mass is 9.94. The molecule has 2 fully saturated rings. The predicted octanol–water partition coefficient (Wildman–Crippen LogP) is 4.98. The van der Waals surface area contributed by atoms with Crippen molar-refractivity contribution < 1.29 is 13.6 Å². The highest BCUT2D eigenvalue weighted by atomic mass is 19.3. The lowest BCUT2D eigenvalue weighted by Gasteiger charge is -2.34. The van der Waals surface area contributed by atoms with Crippen molar-refractivity contribution in [3.8, 4) is 0 Å². The van der Waals surface area contributed by atoms with Gasteiger partial charge in [0.1, 0.15) is 0 Å². The highest BCUT2D eigenvalue weighted by molar-refractivity contribution is 5.76. The molecule has 0 bridgehead atoms. The number of amides is 1. The van der Waals surface area contributed by atoms with E-state index in [-0.39, 0.29) is 31.8 Å². The number of alkyl halides is 2. The first-order valence-corrected chi connectivity index (χ1v) is 11.2. The van der Waals surface area contributed by atoms with Gasteiger partial charge in [0.05, 0.1) is 11.4 Å². The zero-order chi connectivity index (χ0) is 21.7. The van der Waals surface area contributed by atoms with Gasteiger partial charge in [0.2, 0.25) is 11.9 Å². The van der Waals surface area contributed by atoms with Crippen LogP contribution in [0.1, 0.15) is 69.7 Å². The van der Waals surface area contributed by atoms with Crippen LogP contribution in [0, 0.1) is 0 Å². The minimum atomic E-state index is -2.62. The third-order valence-electron chi connectivity index (χ3n) is 6.41. The topological polar surface area (TPSA) is 41.4 Å². The van der Waals surface area contributed by atoms with Crippen molar-refractivity contribution in [1.82, 2.24) is 14.5 Å². The van der Waals surface area contributed by atoms with Crippen molar-refractivity contribution in [3.05, 3.63) is 24.5 Å². The van der Waals surface area contributed by atoms with E-state index in [1.165, 1.54) is 19.3 Å². The van der Waals surface area contributed by atoms with Gasteiger partial charge in [-0.05, 0) is 31.9 Å². The van der Waals surface area contributed by atoms with Crippen molar-refractivity contribution in [3.63, 3.8) is 0 Å². The molecule has 0 aromatic carbocycles. The maximum Gasteiger partial charge on any atom is 0.251 e. The average Bonchev–Trinajstić information content (AvgIpc) is 3.11. The molecule has 0 unspecified atom stereocenters. The molecule has 1 aromatic rings. The smallest absolute Gasteiger partial charge is 0.251 e. The van der Waals surface area contributed by atoms with Crippen LogP contribution in [-0.2, 0) is 11.3 Å². The van der Waals surface area contributed by atoms with Crippen LogP contribution in [0.3, 0.4) is 0 Å². The Kier molecular flexibility index (Phi) is 7.32. The Balaban J connectivity index is 1.77. The van der Waals surface area contributed by atoms with Crippen LogP contribution in [0.5, 0.6) is 0 Å². The summed E-state index contributed by atoms with van der Waals surface area (Å²) in [7, 11) is 0. The Labute approximate surface area is 178 Å². The fourth-order valence-corrected chi connectivity index (χ4v) is 4.71. The Morgan fingerprint density at radius 2 is 1.87 bits per heavy atom. The van der Waals surface area contributed by atoms with E-state index >= 15 is 0 Å². The van der Waals surface area contributed by atoms with E-state index in [0.29, 0.717) is 37.2 Å². The first-order valence-electron chi connectivity index (χ1n) is 11.2. The Hall–Kier alpha value is -2.18. The first kappa shape index (κ1) is 22.5. The van der Waals surface area contributed by atoms with E-state index in [2.05, 4.69) is 18.1 Å². The quantitative estimate of drug-likeness (QED) is 0.596. The van der Waals surface area contributed by atoms with Gasteiger partial charge < -0.3 is 14.4 Å². The second kappa shape index (κ2) is 9.75. The van der Waals surface area contributed by atoms with Crippen LogP contribution < -0.4 is 4.90 Å². The van der Waals surface area contributed by atoms with Gasteiger partial charge in [0, 0.05) is 51.5 Å². The van der Waals surface area contributed by atoms with Crippen LogP contribution in [-0.4, -0.2) is 52.0 Å².